The molecule has 0 radical (unpaired) electrons. The minimum Gasteiger partial charge on any atom is -0.384 e. The standard InChI is InChI=1S/C13H17Br2NO/c1-17-9-10-4-5-16(8-10)13-3-2-12(15)6-11(13)7-14/h2-3,6,10H,4-5,7-9H2,1H3. The van der Waals surface area contributed by atoms with Crippen LogP contribution in [0.2, 0.25) is 0 Å². The summed E-state index contributed by atoms with van der Waals surface area (Å²) < 4.78 is 6.38. The monoisotopic (exact) mass is 361 g/mol. The first kappa shape index (κ1) is 13.4. The quantitative estimate of drug-likeness (QED) is 0.755. The number of ether oxygens (including phenoxy) is 1. The van der Waals surface area contributed by atoms with Crippen molar-refractivity contribution in [2.45, 2.75) is 11.8 Å². The molecule has 0 spiro atoms. The van der Waals surface area contributed by atoms with Crippen LogP contribution in [0.5, 0.6) is 0 Å². The van der Waals surface area contributed by atoms with Crippen molar-refractivity contribution in [1.82, 2.24) is 0 Å². The van der Waals surface area contributed by atoms with Crippen molar-refractivity contribution in [1.29, 1.82) is 0 Å². The highest BCUT2D eigenvalue weighted by atomic mass is 79.9. The van der Waals surface area contributed by atoms with Crippen LogP contribution in [0.3, 0.4) is 0 Å². The molecule has 0 bridgehead atoms. The number of benzene rings is 1. The summed E-state index contributed by atoms with van der Waals surface area (Å²) in [5.41, 5.74) is 2.70. The first-order valence-corrected chi connectivity index (χ1v) is 7.74. The molecule has 2 nitrogen and oxygen atoms in total. The van der Waals surface area contributed by atoms with Crippen LogP contribution >= 0.6 is 31.9 Å². The number of halogens is 2. The van der Waals surface area contributed by atoms with Crippen molar-refractivity contribution in [2.75, 3.05) is 31.7 Å². The Morgan fingerprint density at radius 3 is 3.00 bits per heavy atom. The van der Waals surface area contributed by atoms with Gasteiger partial charge in [-0.1, -0.05) is 31.9 Å². The van der Waals surface area contributed by atoms with Gasteiger partial charge in [-0.3, -0.25) is 0 Å². The molecular weight excluding hydrogens is 346 g/mol. The van der Waals surface area contributed by atoms with Crippen LogP contribution in [0.25, 0.3) is 0 Å². The van der Waals surface area contributed by atoms with Gasteiger partial charge in [0, 0.05) is 41.6 Å². The number of rotatable bonds is 4. The first-order valence-electron chi connectivity index (χ1n) is 5.83. The van der Waals surface area contributed by atoms with E-state index in [1.165, 1.54) is 17.7 Å². The third-order valence-corrected chi connectivity index (χ3v) is 4.31. The SMILES string of the molecule is COCC1CCN(c2ccc(Br)cc2CBr)C1. The molecule has 2 rings (SSSR count). The van der Waals surface area contributed by atoms with Crippen molar-refractivity contribution >= 4 is 37.5 Å². The van der Waals surface area contributed by atoms with Gasteiger partial charge in [-0.25, -0.2) is 0 Å². The zero-order valence-corrected chi connectivity index (χ0v) is 13.1. The van der Waals surface area contributed by atoms with E-state index in [0.717, 1.165) is 29.5 Å². The van der Waals surface area contributed by atoms with Gasteiger partial charge in [0.1, 0.15) is 0 Å². The molecule has 1 aliphatic rings. The van der Waals surface area contributed by atoms with Gasteiger partial charge in [0.05, 0.1) is 6.61 Å². The summed E-state index contributed by atoms with van der Waals surface area (Å²) in [4.78, 5) is 2.46. The summed E-state index contributed by atoms with van der Waals surface area (Å²) in [5.74, 6) is 0.673. The summed E-state index contributed by atoms with van der Waals surface area (Å²) >= 11 is 7.09. The predicted molar refractivity (Wildman–Crippen MR) is 79.0 cm³/mol. The molecule has 0 amide bonds. The van der Waals surface area contributed by atoms with E-state index in [1.54, 1.807) is 7.11 Å². The number of hydrogen-bond donors (Lipinski definition) is 0. The van der Waals surface area contributed by atoms with Crippen molar-refractivity contribution in [3.8, 4) is 0 Å². The molecule has 1 atom stereocenters. The van der Waals surface area contributed by atoms with Gasteiger partial charge in [-0.2, -0.15) is 0 Å². The van der Waals surface area contributed by atoms with Crippen molar-refractivity contribution in [3.05, 3.63) is 28.2 Å². The van der Waals surface area contributed by atoms with Gasteiger partial charge < -0.3 is 9.64 Å². The molecule has 0 aromatic heterocycles. The zero-order valence-electron chi connectivity index (χ0n) is 9.96. The smallest absolute Gasteiger partial charge is 0.0508 e. The Labute approximate surface area is 120 Å². The van der Waals surface area contributed by atoms with Gasteiger partial charge in [-0.05, 0) is 30.2 Å². The van der Waals surface area contributed by atoms with E-state index < -0.39 is 0 Å². The van der Waals surface area contributed by atoms with E-state index in [9.17, 15) is 0 Å². The molecule has 1 aliphatic heterocycles. The van der Waals surface area contributed by atoms with Crippen molar-refractivity contribution in [3.63, 3.8) is 0 Å². The molecule has 1 aromatic rings. The Balaban J connectivity index is 2.12. The molecule has 1 aromatic carbocycles. The van der Waals surface area contributed by atoms with Crippen LogP contribution in [-0.4, -0.2) is 26.8 Å². The van der Waals surface area contributed by atoms with Crippen molar-refractivity contribution in [2.24, 2.45) is 5.92 Å². The average molecular weight is 363 g/mol. The lowest BCUT2D eigenvalue weighted by atomic mass is 10.1. The van der Waals surface area contributed by atoms with Crippen LogP contribution in [0.15, 0.2) is 22.7 Å². The predicted octanol–water partition coefficient (Wildman–Crippen LogP) is 3.82. The van der Waals surface area contributed by atoms with Gasteiger partial charge >= 0.3 is 0 Å². The fourth-order valence-corrected chi connectivity index (χ4v) is 3.25. The fourth-order valence-electron chi connectivity index (χ4n) is 2.39. The van der Waals surface area contributed by atoms with Gasteiger partial charge in [0.25, 0.3) is 0 Å². The number of nitrogens with zero attached hydrogens (tertiary/aromatic N) is 1. The number of methoxy groups -OCH3 is 1. The maximum absolute atomic E-state index is 5.24. The van der Waals surface area contributed by atoms with E-state index in [1.807, 2.05) is 0 Å². The molecule has 17 heavy (non-hydrogen) atoms. The zero-order chi connectivity index (χ0) is 12.3. The molecule has 1 unspecified atom stereocenters. The molecule has 0 N–H and O–H groups in total. The Morgan fingerprint density at radius 2 is 2.29 bits per heavy atom. The minimum atomic E-state index is 0.673. The van der Waals surface area contributed by atoms with Crippen LogP contribution in [0, 0.1) is 5.92 Å². The fraction of sp³-hybridized carbons (Fsp3) is 0.538. The van der Waals surface area contributed by atoms with Crippen LogP contribution < -0.4 is 4.90 Å². The molecule has 1 fully saturated rings. The second-order valence-corrected chi connectivity index (χ2v) is 5.94. The van der Waals surface area contributed by atoms with E-state index in [2.05, 4.69) is 55.0 Å². The number of alkyl halides is 1. The van der Waals surface area contributed by atoms with Crippen molar-refractivity contribution < 1.29 is 4.74 Å². The van der Waals surface area contributed by atoms with E-state index in [4.69, 9.17) is 4.74 Å². The number of anilines is 1. The third kappa shape index (κ3) is 3.24. The Morgan fingerprint density at radius 1 is 1.47 bits per heavy atom. The summed E-state index contributed by atoms with van der Waals surface area (Å²) in [6.07, 6.45) is 1.23. The average Bonchev–Trinajstić information content (AvgIpc) is 2.78. The Kier molecular flexibility index (Phi) is 4.88. The molecule has 0 saturated carbocycles. The largest absolute Gasteiger partial charge is 0.384 e. The topological polar surface area (TPSA) is 12.5 Å². The van der Waals surface area contributed by atoms with Gasteiger partial charge in [-0.15, -0.1) is 0 Å². The Bertz CT molecular complexity index is 384. The summed E-state index contributed by atoms with van der Waals surface area (Å²) in [7, 11) is 1.78. The van der Waals surface area contributed by atoms with Gasteiger partial charge in [0.15, 0.2) is 0 Å². The van der Waals surface area contributed by atoms with E-state index in [0.29, 0.717) is 5.92 Å². The summed E-state index contributed by atoms with van der Waals surface area (Å²) in [6, 6.07) is 6.51. The molecular formula is C13H17Br2NO. The molecule has 4 heteroatoms. The third-order valence-electron chi connectivity index (χ3n) is 3.21. The lowest BCUT2D eigenvalue weighted by molar-refractivity contribution is 0.161. The highest BCUT2D eigenvalue weighted by Gasteiger charge is 2.23. The molecule has 94 valence electrons. The highest BCUT2D eigenvalue weighted by molar-refractivity contribution is 9.10. The maximum Gasteiger partial charge on any atom is 0.0508 e. The van der Waals surface area contributed by atoms with E-state index in [-0.39, 0.29) is 0 Å². The number of hydrogen-bond acceptors (Lipinski definition) is 2. The van der Waals surface area contributed by atoms with Crippen LogP contribution in [-0.2, 0) is 10.1 Å². The lowest BCUT2D eigenvalue weighted by Crippen LogP contribution is -2.22. The second kappa shape index (κ2) is 6.21. The second-order valence-electron chi connectivity index (χ2n) is 4.46. The van der Waals surface area contributed by atoms with Crippen LogP contribution in [0.4, 0.5) is 5.69 Å². The summed E-state index contributed by atoms with van der Waals surface area (Å²) in [5, 5.41) is 0.896. The molecule has 1 saturated heterocycles. The normalized spacial score (nSPS) is 19.9. The highest BCUT2D eigenvalue weighted by Crippen LogP contribution is 2.30. The minimum absolute atomic E-state index is 0.673. The van der Waals surface area contributed by atoms with Gasteiger partial charge in [0.2, 0.25) is 0 Å². The summed E-state index contributed by atoms with van der Waals surface area (Å²) in [6.45, 7) is 3.11. The Hall–Kier alpha value is -0.0600. The lowest BCUT2D eigenvalue weighted by Gasteiger charge is -2.21. The first-order chi connectivity index (χ1) is 8.24. The molecule has 1 heterocycles. The maximum atomic E-state index is 5.24. The van der Waals surface area contributed by atoms with E-state index >= 15 is 0 Å². The molecule has 0 aliphatic carbocycles. The van der Waals surface area contributed by atoms with Crippen LogP contribution in [0.1, 0.15) is 12.0 Å².